The van der Waals surface area contributed by atoms with E-state index in [4.69, 9.17) is 4.84 Å². The van der Waals surface area contributed by atoms with Gasteiger partial charge in [-0.3, -0.25) is 4.84 Å². The summed E-state index contributed by atoms with van der Waals surface area (Å²) in [5.74, 6) is 0. The van der Waals surface area contributed by atoms with E-state index in [-0.39, 0.29) is 0 Å². The molecule has 0 heterocycles. The van der Waals surface area contributed by atoms with Gasteiger partial charge in [0.2, 0.25) is 0 Å². The molecule has 0 bridgehead atoms. The van der Waals surface area contributed by atoms with Crippen molar-refractivity contribution in [1.29, 1.82) is 0 Å². The molecule has 0 radical (unpaired) electrons. The Hall–Kier alpha value is -0.120. The van der Waals surface area contributed by atoms with Gasteiger partial charge in [-0.15, -0.1) is 0 Å². The zero-order valence-corrected chi connectivity index (χ0v) is 7.63. The molecule has 0 amide bonds. The Labute approximate surface area is 68.7 Å². The average Bonchev–Trinajstić information content (AvgIpc) is 2.37. The van der Waals surface area contributed by atoms with Gasteiger partial charge < -0.3 is 4.90 Å². The Morgan fingerprint density at radius 1 is 1.36 bits per heavy atom. The third-order valence-electron chi connectivity index (χ3n) is 2.37. The van der Waals surface area contributed by atoms with Crippen molar-refractivity contribution in [2.75, 3.05) is 21.1 Å². The van der Waals surface area contributed by atoms with Crippen LogP contribution in [0.3, 0.4) is 0 Å². The van der Waals surface area contributed by atoms with Crippen LogP contribution in [-0.4, -0.2) is 38.2 Å². The van der Waals surface area contributed by atoms with E-state index in [0.717, 1.165) is 6.42 Å². The normalized spacial score (nSPS) is 31.6. The first-order chi connectivity index (χ1) is 5.24. The van der Waals surface area contributed by atoms with Crippen LogP contribution in [0.1, 0.15) is 19.3 Å². The highest BCUT2D eigenvalue weighted by Gasteiger charge is 2.26. The monoisotopic (exact) mass is 158 g/mol. The van der Waals surface area contributed by atoms with Crippen LogP contribution in [0, 0.1) is 0 Å². The maximum Gasteiger partial charge on any atom is 0.0805 e. The fourth-order valence-electron chi connectivity index (χ4n) is 1.66. The summed E-state index contributed by atoms with van der Waals surface area (Å²) in [6, 6.07) is 0.716. The number of nitrogens with one attached hydrogen (secondary N) is 1. The molecule has 0 aromatic rings. The summed E-state index contributed by atoms with van der Waals surface area (Å²) in [5.41, 5.74) is 2.75. The molecule has 3 heteroatoms. The van der Waals surface area contributed by atoms with Crippen molar-refractivity contribution in [3.63, 3.8) is 0 Å². The smallest absolute Gasteiger partial charge is 0.0805 e. The lowest BCUT2D eigenvalue weighted by Crippen LogP contribution is -2.26. The summed E-state index contributed by atoms with van der Waals surface area (Å²) in [6.07, 6.45) is 4.03. The van der Waals surface area contributed by atoms with Crippen LogP contribution in [0.2, 0.25) is 0 Å². The number of rotatable bonds is 3. The zero-order valence-electron chi connectivity index (χ0n) is 7.63. The van der Waals surface area contributed by atoms with Crippen LogP contribution in [0.15, 0.2) is 0 Å². The third-order valence-corrected chi connectivity index (χ3v) is 2.37. The molecule has 1 rings (SSSR count). The first-order valence-electron chi connectivity index (χ1n) is 4.23. The van der Waals surface area contributed by atoms with E-state index in [2.05, 4.69) is 24.5 Å². The van der Waals surface area contributed by atoms with Gasteiger partial charge in [-0.1, -0.05) is 0 Å². The lowest BCUT2D eigenvalue weighted by atomic mass is 10.2. The predicted octanol–water partition coefficient (Wildman–Crippen LogP) is 0.620. The summed E-state index contributed by atoms with van der Waals surface area (Å²) in [4.78, 5) is 7.58. The molecule has 0 aromatic heterocycles. The molecule has 66 valence electrons. The minimum Gasteiger partial charge on any atom is -0.306 e. The number of hydrogen-bond donors (Lipinski definition) is 1. The Morgan fingerprint density at radius 2 is 2.09 bits per heavy atom. The van der Waals surface area contributed by atoms with E-state index in [1.54, 1.807) is 0 Å². The van der Waals surface area contributed by atoms with Gasteiger partial charge in [-0.25, -0.2) is 5.48 Å². The molecule has 2 atom stereocenters. The molecule has 1 aliphatic rings. The molecule has 11 heavy (non-hydrogen) atoms. The maximum atomic E-state index is 5.31. The van der Waals surface area contributed by atoms with E-state index in [1.165, 1.54) is 12.8 Å². The average molecular weight is 158 g/mol. The van der Waals surface area contributed by atoms with Crippen LogP contribution in [0.5, 0.6) is 0 Å². The topological polar surface area (TPSA) is 24.5 Å². The SMILES string of the molecule is CNO[C@H]1CC[C@@H](N(C)C)C1. The maximum absolute atomic E-state index is 5.31. The minimum atomic E-state index is 0.424. The lowest BCUT2D eigenvalue weighted by molar-refractivity contribution is -0.0102. The van der Waals surface area contributed by atoms with E-state index in [9.17, 15) is 0 Å². The first kappa shape index (κ1) is 8.97. The van der Waals surface area contributed by atoms with E-state index in [1.807, 2.05) is 7.05 Å². The Balaban J connectivity index is 2.23. The molecular formula is C8H18N2O. The van der Waals surface area contributed by atoms with Crippen LogP contribution in [0.4, 0.5) is 0 Å². The van der Waals surface area contributed by atoms with Gasteiger partial charge >= 0.3 is 0 Å². The molecule has 0 aromatic carbocycles. The highest BCUT2D eigenvalue weighted by molar-refractivity contribution is 4.80. The van der Waals surface area contributed by atoms with Gasteiger partial charge in [-0.05, 0) is 33.4 Å². The van der Waals surface area contributed by atoms with Crippen LogP contribution in [0.25, 0.3) is 0 Å². The second-order valence-corrected chi connectivity index (χ2v) is 3.37. The predicted molar refractivity (Wildman–Crippen MR) is 45.3 cm³/mol. The van der Waals surface area contributed by atoms with Gasteiger partial charge in [0.15, 0.2) is 0 Å². The van der Waals surface area contributed by atoms with Gasteiger partial charge in [0.1, 0.15) is 0 Å². The van der Waals surface area contributed by atoms with Crippen molar-refractivity contribution in [1.82, 2.24) is 10.4 Å². The highest BCUT2D eigenvalue weighted by Crippen LogP contribution is 2.23. The Bertz CT molecular complexity index is 117. The first-order valence-corrected chi connectivity index (χ1v) is 4.23. The van der Waals surface area contributed by atoms with Crippen molar-refractivity contribution in [3.8, 4) is 0 Å². The number of hydroxylamine groups is 1. The second kappa shape index (κ2) is 4.04. The van der Waals surface area contributed by atoms with Crippen molar-refractivity contribution in [2.24, 2.45) is 0 Å². The Kier molecular flexibility index (Phi) is 3.30. The molecule has 0 spiro atoms. The van der Waals surface area contributed by atoms with Crippen molar-refractivity contribution < 1.29 is 4.84 Å². The molecule has 0 saturated heterocycles. The van der Waals surface area contributed by atoms with E-state index >= 15 is 0 Å². The van der Waals surface area contributed by atoms with Crippen molar-refractivity contribution >= 4 is 0 Å². The van der Waals surface area contributed by atoms with Gasteiger partial charge in [0.25, 0.3) is 0 Å². The lowest BCUT2D eigenvalue weighted by Gasteiger charge is -2.18. The van der Waals surface area contributed by atoms with E-state index < -0.39 is 0 Å². The third kappa shape index (κ3) is 2.43. The number of hydrogen-bond acceptors (Lipinski definition) is 3. The Morgan fingerprint density at radius 3 is 2.55 bits per heavy atom. The summed E-state index contributed by atoms with van der Waals surface area (Å²) >= 11 is 0. The molecule has 1 aliphatic carbocycles. The van der Waals surface area contributed by atoms with Gasteiger partial charge in [0.05, 0.1) is 6.10 Å². The zero-order chi connectivity index (χ0) is 8.27. The fraction of sp³-hybridized carbons (Fsp3) is 1.00. The van der Waals surface area contributed by atoms with Crippen LogP contribution in [-0.2, 0) is 4.84 Å². The molecule has 3 nitrogen and oxygen atoms in total. The number of nitrogens with zero attached hydrogens (tertiary/aromatic N) is 1. The highest BCUT2D eigenvalue weighted by atomic mass is 16.7. The molecule has 1 N–H and O–H groups in total. The van der Waals surface area contributed by atoms with Gasteiger partial charge in [-0.2, -0.15) is 0 Å². The van der Waals surface area contributed by atoms with E-state index in [0.29, 0.717) is 12.1 Å². The molecule has 0 unspecified atom stereocenters. The van der Waals surface area contributed by atoms with Crippen molar-refractivity contribution in [3.05, 3.63) is 0 Å². The quantitative estimate of drug-likeness (QED) is 0.609. The summed E-state index contributed by atoms with van der Waals surface area (Å²) < 4.78 is 0. The summed E-state index contributed by atoms with van der Waals surface area (Å²) in [6.45, 7) is 0. The summed E-state index contributed by atoms with van der Waals surface area (Å²) in [5, 5.41) is 0. The molecule has 1 fully saturated rings. The standard InChI is InChI=1S/C8H18N2O/c1-9-11-8-5-4-7(6-8)10(2)3/h7-9H,4-6H2,1-3H3/t7-,8+/m1/s1. The summed E-state index contributed by atoms with van der Waals surface area (Å²) in [7, 11) is 6.09. The second-order valence-electron chi connectivity index (χ2n) is 3.37. The van der Waals surface area contributed by atoms with Crippen LogP contribution < -0.4 is 5.48 Å². The van der Waals surface area contributed by atoms with Crippen molar-refractivity contribution in [2.45, 2.75) is 31.4 Å². The molecule has 0 aliphatic heterocycles. The minimum absolute atomic E-state index is 0.424. The largest absolute Gasteiger partial charge is 0.306 e. The molecule has 1 saturated carbocycles. The molecular weight excluding hydrogens is 140 g/mol. The fourth-order valence-corrected chi connectivity index (χ4v) is 1.66. The van der Waals surface area contributed by atoms with Gasteiger partial charge in [0, 0.05) is 13.1 Å². The van der Waals surface area contributed by atoms with Crippen LogP contribution >= 0.6 is 0 Å².